The highest BCUT2D eigenvalue weighted by molar-refractivity contribution is 5.81. The second kappa shape index (κ2) is 6.42. The molecule has 102 valence electrons. The van der Waals surface area contributed by atoms with E-state index in [2.05, 4.69) is 20.8 Å². The Morgan fingerprint density at radius 1 is 0.941 bits per heavy atom. The van der Waals surface area contributed by atoms with Gasteiger partial charge in [0.1, 0.15) is 0 Å². The van der Waals surface area contributed by atoms with Crippen molar-refractivity contribution in [1.82, 2.24) is 4.90 Å². The third kappa shape index (κ3) is 8.23. The van der Waals surface area contributed by atoms with E-state index in [9.17, 15) is 4.79 Å². The lowest BCUT2D eigenvalue weighted by atomic mass is 9.89. The quantitative estimate of drug-likeness (QED) is 0.664. The van der Waals surface area contributed by atoms with E-state index < -0.39 is 0 Å². The van der Waals surface area contributed by atoms with E-state index >= 15 is 0 Å². The zero-order valence-electron chi connectivity index (χ0n) is 12.9. The van der Waals surface area contributed by atoms with Crippen molar-refractivity contribution in [3.05, 3.63) is 0 Å². The Kier molecular flexibility index (Phi) is 6.22. The van der Waals surface area contributed by atoms with Crippen molar-refractivity contribution in [3.8, 4) is 0 Å². The van der Waals surface area contributed by atoms with Crippen LogP contribution in [0, 0.1) is 10.8 Å². The Hall–Kier alpha value is -0.530. The van der Waals surface area contributed by atoms with Crippen molar-refractivity contribution in [1.29, 1.82) is 0 Å². The van der Waals surface area contributed by atoms with Crippen molar-refractivity contribution in [2.24, 2.45) is 10.8 Å². The zero-order chi connectivity index (χ0) is 13.7. The van der Waals surface area contributed by atoms with Crippen LogP contribution in [-0.4, -0.2) is 24.4 Å². The van der Waals surface area contributed by atoms with Gasteiger partial charge in [0.2, 0.25) is 5.91 Å². The SMILES string of the molecule is CN(CCCCCC(C)(C)C)C(=O)C(C)(C)C. The molecule has 0 bridgehead atoms. The van der Waals surface area contributed by atoms with E-state index in [-0.39, 0.29) is 11.3 Å². The molecule has 17 heavy (non-hydrogen) atoms. The number of carbonyl (C=O) groups excluding carboxylic acids is 1. The minimum atomic E-state index is -0.250. The summed E-state index contributed by atoms with van der Waals surface area (Å²) in [6.45, 7) is 13.7. The fraction of sp³-hybridized carbons (Fsp3) is 0.933. The largest absolute Gasteiger partial charge is 0.345 e. The average Bonchev–Trinajstić information content (AvgIpc) is 2.12. The van der Waals surface area contributed by atoms with Gasteiger partial charge in [0.15, 0.2) is 0 Å². The molecule has 0 aliphatic rings. The highest BCUT2D eigenvalue weighted by Crippen LogP contribution is 2.22. The van der Waals surface area contributed by atoms with Gasteiger partial charge in [-0.25, -0.2) is 0 Å². The van der Waals surface area contributed by atoms with Gasteiger partial charge in [-0.2, -0.15) is 0 Å². The van der Waals surface area contributed by atoms with Crippen LogP contribution in [0.3, 0.4) is 0 Å². The monoisotopic (exact) mass is 241 g/mol. The Bertz CT molecular complexity index is 232. The zero-order valence-corrected chi connectivity index (χ0v) is 12.9. The van der Waals surface area contributed by atoms with Crippen LogP contribution in [0.15, 0.2) is 0 Å². The summed E-state index contributed by atoms with van der Waals surface area (Å²) >= 11 is 0. The van der Waals surface area contributed by atoms with Crippen LogP contribution in [0.25, 0.3) is 0 Å². The Morgan fingerprint density at radius 3 is 1.88 bits per heavy atom. The standard InChI is InChI=1S/C15H31NO/c1-14(2,3)11-9-8-10-12-16(7)13(17)15(4,5)6/h8-12H2,1-7H3. The van der Waals surface area contributed by atoms with Gasteiger partial charge in [-0.1, -0.05) is 54.4 Å². The van der Waals surface area contributed by atoms with Crippen molar-refractivity contribution >= 4 is 5.91 Å². The summed E-state index contributed by atoms with van der Waals surface area (Å²) in [6, 6.07) is 0. The minimum absolute atomic E-state index is 0.244. The lowest BCUT2D eigenvalue weighted by molar-refractivity contribution is -0.138. The molecule has 0 aromatic rings. The molecule has 0 aliphatic carbocycles. The molecule has 0 radical (unpaired) electrons. The van der Waals surface area contributed by atoms with Crippen LogP contribution in [0.5, 0.6) is 0 Å². The number of unbranched alkanes of at least 4 members (excludes halogenated alkanes) is 2. The summed E-state index contributed by atoms with van der Waals surface area (Å²) in [5, 5.41) is 0. The average molecular weight is 241 g/mol. The molecule has 0 aromatic carbocycles. The van der Waals surface area contributed by atoms with Crippen LogP contribution >= 0.6 is 0 Å². The molecule has 0 aliphatic heterocycles. The summed E-state index contributed by atoms with van der Waals surface area (Å²) in [5.41, 5.74) is 0.188. The number of hydrogen-bond acceptors (Lipinski definition) is 1. The molecule has 0 unspecified atom stereocenters. The number of carbonyl (C=O) groups is 1. The summed E-state index contributed by atoms with van der Waals surface area (Å²) in [6.07, 6.45) is 4.87. The number of amides is 1. The third-order valence-electron chi connectivity index (χ3n) is 2.91. The molecule has 2 nitrogen and oxygen atoms in total. The first kappa shape index (κ1) is 16.5. The van der Waals surface area contributed by atoms with Crippen molar-refractivity contribution < 1.29 is 4.79 Å². The molecule has 0 spiro atoms. The van der Waals surface area contributed by atoms with Gasteiger partial charge in [-0.15, -0.1) is 0 Å². The lowest BCUT2D eigenvalue weighted by Gasteiger charge is -2.26. The number of hydrogen-bond donors (Lipinski definition) is 0. The molecular formula is C15H31NO. The predicted molar refractivity (Wildman–Crippen MR) is 75.0 cm³/mol. The maximum Gasteiger partial charge on any atom is 0.227 e. The normalized spacial score (nSPS) is 12.6. The van der Waals surface area contributed by atoms with E-state index in [1.807, 2.05) is 32.7 Å². The highest BCUT2D eigenvalue weighted by atomic mass is 16.2. The number of rotatable bonds is 5. The van der Waals surface area contributed by atoms with Gasteiger partial charge in [0, 0.05) is 19.0 Å². The second-order valence-electron chi connectivity index (χ2n) is 7.35. The summed E-state index contributed by atoms with van der Waals surface area (Å²) < 4.78 is 0. The van der Waals surface area contributed by atoms with Crippen LogP contribution in [0.1, 0.15) is 67.2 Å². The van der Waals surface area contributed by atoms with Crippen molar-refractivity contribution in [2.45, 2.75) is 67.2 Å². The summed E-state index contributed by atoms with van der Waals surface area (Å²) in [5.74, 6) is 0.244. The van der Waals surface area contributed by atoms with Gasteiger partial charge in [-0.3, -0.25) is 4.79 Å². The molecule has 0 saturated carbocycles. The van der Waals surface area contributed by atoms with Crippen molar-refractivity contribution in [3.63, 3.8) is 0 Å². The molecule has 0 fully saturated rings. The van der Waals surface area contributed by atoms with Gasteiger partial charge in [0.25, 0.3) is 0 Å². The van der Waals surface area contributed by atoms with Crippen LogP contribution in [0.4, 0.5) is 0 Å². The summed E-state index contributed by atoms with van der Waals surface area (Å²) in [4.78, 5) is 13.8. The second-order valence-corrected chi connectivity index (χ2v) is 7.35. The maximum atomic E-state index is 11.9. The molecule has 0 N–H and O–H groups in total. The van der Waals surface area contributed by atoms with Crippen LogP contribution < -0.4 is 0 Å². The predicted octanol–water partition coefficient (Wildman–Crippen LogP) is 4.10. The van der Waals surface area contributed by atoms with Gasteiger partial charge >= 0.3 is 0 Å². The van der Waals surface area contributed by atoms with E-state index in [0.717, 1.165) is 13.0 Å². The van der Waals surface area contributed by atoms with Gasteiger partial charge < -0.3 is 4.90 Å². The highest BCUT2D eigenvalue weighted by Gasteiger charge is 2.24. The van der Waals surface area contributed by atoms with Gasteiger partial charge in [-0.05, 0) is 18.3 Å². The molecular weight excluding hydrogens is 210 g/mol. The number of nitrogens with zero attached hydrogens (tertiary/aromatic N) is 1. The third-order valence-corrected chi connectivity index (χ3v) is 2.91. The van der Waals surface area contributed by atoms with E-state index in [4.69, 9.17) is 0 Å². The van der Waals surface area contributed by atoms with E-state index in [1.165, 1.54) is 19.3 Å². The Balaban J connectivity index is 3.73. The van der Waals surface area contributed by atoms with E-state index in [1.54, 1.807) is 0 Å². The fourth-order valence-electron chi connectivity index (χ4n) is 1.86. The van der Waals surface area contributed by atoms with Gasteiger partial charge in [0.05, 0.1) is 0 Å². The molecule has 0 atom stereocenters. The molecule has 0 aromatic heterocycles. The topological polar surface area (TPSA) is 20.3 Å². The molecule has 1 amide bonds. The molecule has 0 heterocycles. The first-order valence-electron chi connectivity index (χ1n) is 6.79. The molecule has 0 rings (SSSR count). The maximum absolute atomic E-state index is 11.9. The first-order valence-corrected chi connectivity index (χ1v) is 6.79. The molecule has 0 saturated heterocycles. The molecule has 2 heteroatoms. The van der Waals surface area contributed by atoms with Crippen molar-refractivity contribution in [2.75, 3.05) is 13.6 Å². The van der Waals surface area contributed by atoms with Crippen LogP contribution in [0.2, 0.25) is 0 Å². The minimum Gasteiger partial charge on any atom is -0.345 e. The summed E-state index contributed by atoms with van der Waals surface area (Å²) in [7, 11) is 1.91. The fourth-order valence-corrected chi connectivity index (χ4v) is 1.86. The first-order chi connectivity index (χ1) is 7.54. The van der Waals surface area contributed by atoms with Crippen LogP contribution in [-0.2, 0) is 4.79 Å². The smallest absolute Gasteiger partial charge is 0.227 e. The lowest BCUT2D eigenvalue weighted by Crippen LogP contribution is -2.37. The Labute approximate surface area is 108 Å². The van der Waals surface area contributed by atoms with E-state index in [0.29, 0.717) is 5.41 Å². The Morgan fingerprint density at radius 2 is 1.47 bits per heavy atom.